The number of aromatic nitrogens is 1. The number of carbonyl (C=O) groups excluding carboxylic acids is 1. The zero-order valence-electron chi connectivity index (χ0n) is 10.2. The van der Waals surface area contributed by atoms with Crippen molar-refractivity contribution in [2.45, 2.75) is 20.4 Å². The molecule has 0 saturated heterocycles. The number of nitrogens with one attached hydrogen (secondary N) is 2. The van der Waals surface area contributed by atoms with Gasteiger partial charge in [-0.15, -0.1) is 11.3 Å². The third-order valence-electron chi connectivity index (χ3n) is 2.55. The molecule has 2 rings (SSSR count). The van der Waals surface area contributed by atoms with Crippen molar-refractivity contribution in [1.29, 1.82) is 0 Å². The summed E-state index contributed by atoms with van der Waals surface area (Å²) in [6.45, 7) is 4.23. The van der Waals surface area contributed by atoms with Gasteiger partial charge in [0.25, 0.3) is 5.91 Å². The fourth-order valence-corrected chi connectivity index (χ4v) is 2.64. The first-order valence-corrected chi connectivity index (χ1v) is 6.41. The van der Waals surface area contributed by atoms with Crippen LogP contribution in [0.15, 0.2) is 29.1 Å². The number of aryl methyl sites for hydroxylation is 2. The maximum absolute atomic E-state index is 11.9. The fraction of sp³-hybridized carbons (Fsp3) is 0.231. The van der Waals surface area contributed by atoms with Crippen molar-refractivity contribution >= 4 is 17.2 Å². The van der Waals surface area contributed by atoms with E-state index in [0.29, 0.717) is 17.8 Å². The highest BCUT2D eigenvalue weighted by Crippen LogP contribution is 2.20. The van der Waals surface area contributed by atoms with Gasteiger partial charge in [-0.2, -0.15) is 0 Å². The Bertz CT molecular complexity index is 628. The molecule has 0 saturated carbocycles. The summed E-state index contributed by atoms with van der Waals surface area (Å²) in [6, 6.07) is 6.76. The van der Waals surface area contributed by atoms with Gasteiger partial charge >= 0.3 is 0 Å². The number of carbonyl (C=O) groups is 1. The minimum atomic E-state index is -0.163. The molecule has 0 unspecified atom stereocenters. The summed E-state index contributed by atoms with van der Waals surface area (Å²) in [5, 5.41) is 2.79. The lowest BCUT2D eigenvalue weighted by Gasteiger charge is -2.04. The molecular formula is C13H14N2O2S. The van der Waals surface area contributed by atoms with Crippen LogP contribution in [0.25, 0.3) is 0 Å². The van der Waals surface area contributed by atoms with Gasteiger partial charge in [0.2, 0.25) is 5.56 Å². The Morgan fingerprint density at radius 2 is 2.17 bits per heavy atom. The van der Waals surface area contributed by atoms with Crippen LogP contribution in [0.1, 0.15) is 25.8 Å². The summed E-state index contributed by atoms with van der Waals surface area (Å²) in [5.74, 6) is -0.110. The van der Waals surface area contributed by atoms with E-state index in [1.165, 1.54) is 6.07 Å². The third kappa shape index (κ3) is 2.87. The monoisotopic (exact) mass is 262 g/mol. The van der Waals surface area contributed by atoms with E-state index in [9.17, 15) is 9.59 Å². The number of thiophene rings is 1. The summed E-state index contributed by atoms with van der Waals surface area (Å²) in [6.07, 6.45) is 0. The number of H-pyrrole nitrogens is 1. The highest BCUT2D eigenvalue weighted by Gasteiger charge is 2.11. The van der Waals surface area contributed by atoms with Crippen molar-refractivity contribution in [3.05, 3.63) is 55.6 Å². The van der Waals surface area contributed by atoms with Gasteiger partial charge in [-0.3, -0.25) is 9.59 Å². The lowest BCUT2D eigenvalue weighted by Crippen LogP contribution is -2.24. The molecule has 2 aromatic rings. The van der Waals surface area contributed by atoms with Gasteiger partial charge in [0.05, 0.1) is 12.1 Å². The topological polar surface area (TPSA) is 62.0 Å². The van der Waals surface area contributed by atoms with E-state index < -0.39 is 0 Å². The zero-order valence-corrected chi connectivity index (χ0v) is 11.1. The second-order valence-corrected chi connectivity index (χ2v) is 5.51. The van der Waals surface area contributed by atoms with Crippen LogP contribution in [0.4, 0.5) is 0 Å². The van der Waals surface area contributed by atoms with E-state index in [4.69, 9.17) is 0 Å². The van der Waals surface area contributed by atoms with Crippen molar-refractivity contribution in [3.8, 4) is 0 Å². The predicted molar refractivity (Wildman–Crippen MR) is 72.0 cm³/mol. The molecule has 0 radical (unpaired) electrons. The van der Waals surface area contributed by atoms with Gasteiger partial charge in [-0.05, 0) is 26.0 Å². The Hall–Kier alpha value is -1.88. The number of hydrogen-bond donors (Lipinski definition) is 2. The van der Waals surface area contributed by atoms with Gasteiger partial charge in [0, 0.05) is 21.5 Å². The molecule has 0 spiro atoms. The Morgan fingerprint density at radius 3 is 2.78 bits per heavy atom. The number of hydrogen-bond acceptors (Lipinski definition) is 3. The highest BCUT2D eigenvalue weighted by molar-refractivity contribution is 7.12. The molecule has 0 aromatic carbocycles. The maximum Gasteiger partial charge on any atom is 0.252 e. The number of rotatable bonds is 3. The van der Waals surface area contributed by atoms with E-state index >= 15 is 0 Å². The van der Waals surface area contributed by atoms with Crippen molar-refractivity contribution in [2.24, 2.45) is 0 Å². The Morgan fingerprint density at radius 1 is 1.39 bits per heavy atom. The summed E-state index contributed by atoms with van der Waals surface area (Å²) >= 11 is 1.60. The fourth-order valence-electron chi connectivity index (χ4n) is 1.72. The van der Waals surface area contributed by atoms with Crippen molar-refractivity contribution in [3.63, 3.8) is 0 Å². The van der Waals surface area contributed by atoms with Gasteiger partial charge in [0.15, 0.2) is 0 Å². The SMILES string of the molecule is Cc1cc(C(=O)NCc2cccc(=O)[nH]2)c(C)s1. The van der Waals surface area contributed by atoms with Crippen LogP contribution < -0.4 is 10.9 Å². The largest absolute Gasteiger partial charge is 0.346 e. The van der Waals surface area contributed by atoms with Crippen LogP contribution in [0.2, 0.25) is 0 Å². The van der Waals surface area contributed by atoms with E-state index in [0.717, 1.165) is 9.75 Å². The predicted octanol–water partition coefficient (Wildman–Crippen LogP) is 1.98. The molecule has 0 aliphatic rings. The normalized spacial score (nSPS) is 10.3. The summed E-state index contributed by atoms with van der Waals surface area (Å²) in [7, 11) is 0. The van der Waals surface area contributed by atoms with E-state index in [-0.39, 0.29) is 11.5 Å². The minimum Gasteiger partial charge on any atom is -0.346 e. The Kier molecular flexibility index (Phi) is 3.62. The maximum atomic E-state index is 11.9. The van der Waals surface area contributed by atoms with Crippen LogP contribution in [0, 0.1) is 13.8 Å². The lowest BCUT2D eigenvalue weighted by molar-refractivity contribution is 0.0950. The smallest absolute Gasteiger partial charge is 0.252 e. The molecule has 1 amide bonds. The molecule has 0 bridgehead atoms. The number of amides is 1. The molecule has 18 heavy (non-hydrogen) atoms. The van der Waals surface area contributed by atoms with Crippen LogP contribution >= 0.6 is 11.3 Å². The van der Waals surface area contributed by atoms with E-state index in [2.05, 4.69) is 10.3 Å². The first-order chi connectivity index (χ1) is 8.56. The molecule has 2 aromatic heterocycles. The molecular weight excluding hydrogens is 248 g/mol. The van der Waals surface area contributed by atoms with Crippen LogP contribution in [-0.2, 0) is 6.54 Å². The van der Waals surface area contributed by atoms with Gasteiger partial charge < -0.3 is 10.3 Å². The molecule has 94 valence electrons. The van der Waals surface area contributed by atoms with Gasteiger partial charge in [-0.1, -0.05) is 6.07 Å². The zero-order chi connectivity index (χ0) is 13.1. The van der Waals surface area contributed by atoms with Gasteiger partial charge in [0.1, 0.15) is 0 Å². The quantitative estimate of drug-likeness (QED) is 0.888. The molecule has 2 heterocycles. The third-order valence-corrected chi connectivity index (χ3v) is 3.52. The highest BCUT2D eigenvalue weighted by atomic mass is 32.1. The Balaban J connectivity index is 2.05. The molecule has 5 heteroatoms. The van der Waals surface area contributed by atoms with Crippen molar-refractivity contribution < 1.29 is 4.79 Å². The van der Waals surface area contributed by atoms with Crippen molar-refractivity contribution in [1.82, 2.24) is 10.3 Å². The molecule has 0 aliphatic heterocycles. The molecule has 4 nitrogen and oxygen atoms in total. The summed E-state index contributed by atoms with van der Waals surface area (Å²) < 4.78 is 0. The van der Waals surface area contributed by atoms with Crippen LogP contribution in [0.5, 0.6) is 0 Å². The van der Waals surface area contributed by atoms with E-state index in [1.54, 1.807) is 23.5 Å². The number of aromatic amines is 1. The molecule has 2 N–H and O–H groups in total. The van der Waals surface area contributed by atoms with Gasteiger partial charge in [-0.25, -0.2) is 0 Å². The van der Waals surface area contributed by atoms with E-state index in [1.807, 2.05) is 19.9 Å². The standard InChI is InChI=1S/C13H14N2O2S/c1-8-6-11(9(2)18-8)13(17)14-7-10-4-3-5-12(16)15-10/h3-6H,7H2,1-2H3,(H,14,17)(H,15,16). The average molecular weight is 262 g/mol. The molecule has 0 atom stereocenters. The molecule has 0 fully saturated rings. The van der Waals surface area contributed by atoms with Crippen LogP contribution in [0.3, 0.4) is 0 Å². The first kappa shape index (κ1) is 12.6. The lowest BCUT2D eigenvalue weighted by atomic mass is 10.2. The number of pyridine rings is 1. The minimum absolute atomic E-state index is 0.110. The Labute approximate surface area is 109 Å². The summed E-state index contributed by atoms with van der Waals surface area (Å²) in [5.41, 5.74) is 1.24. The van der Waals surface area contributed by atoms with Crippen LogP contribution in [-0.4, -0.2) is 10.9 Å². The van der Waals surface area contributed by atoms with Crippen molar-refractivity contribution in [2.75, 3.05) is 0 Å². The first-order valence-electron chi connectivity index (χ1n) is 5.59. The average Bonchev–Trinajstić information content (AvgIpc) is 2.66. The summed E-state index contributed by atoms with van der Waals surface area (Å²) in [4.78, 5) is 27.8. The second-order valence-electron chi connectivity index (χ2n) is 4.05. The molecule has 0 aliphatic carbocycles. The second kappa shape index (κ2) is 5.18.